The molecule has 0 bridgehead atoms. The smallest absolute Gasteiger partial charge is 0.243 e. The van der Waals surface area contributed by atoms with E-state index in [1.54, 1.807) is 41.6 Å². The van der Waals surface area contributed by atoms with Crippen LogP contribution in [0.15, 0.2) is 45.7 Å². The van der Waals surface area contributed by atoms with E-state index in [1.165, 1.54) is 0 Å². The van der Waals surface area contributed by atoms with Crippen molar-refractivity contribution in [3.8, 4) is 0 Å². The molecule has 1 N–H and O–H groups in total. The van der Waals surface area contributed by atoms with Crippen LogP contribution in [-0.4, -0.2) is 46.3 Å². The maximum Gasteiger partial charge on any atom is 0.243 e. The summed E-state index contributed by atoms with van der Waals surface area (Å²) in [7, 11) is -3.51. The van der Waals surface area contributed by atoms with Crippen molar-refractivity contribution < 1.29 is 17.6 Å². The van der Waals surface area contributed by atoms with Crippen LogP contribution in [0.4, 0.5) is 5.69 Å². The van der Waals surface area contributed by atoms with Gasteiger partial charge < -0.3 is 14.3 Å². The van der Waals surface area contributed by atoms with Gasteiger partial charge in [-0.3, -0.25) is 4.79 Å². The topological polar surface area (TPSA) is 110 Å². The molecule has 184 valence electrons. The number of nitrogens with zero attached hydrogens (tertiary/aromatic N) is 4. The average Bonchev–Trinajstić information content (AvgIpc) is 3.56. The molecule has 1 aliphatic heterocycles. The maximum atomic E-state index is 13.0. The Kier molecular flexibility index (Phi) is 6.33. The number of amides is 1. The van der Waals surface area contributed by atoms with Crippen molar-refractivity contribution in [2.24, 2.45) is 0 Å². The number of sulfonamides is 1. The number of aromatic nitrogens is 3. The van der Waals surface area contributed by atoms with Crippen molar-refractivity contribution in [2.45, 2.75) is 57.4 Å². The number of aryl methyl sites for hydroxylation is 3. The number of fused-ring (bicyclic) bond motifs is 2. The molecule has 1 saturated heterocycles. The summed E-state index contributed by atoms with van der Waals surface area (Å²) < 4.78 is 35.1. The lowest BCUT2D eigenvalue weighted by Gasteiger charge is -2.15. The van der Waals surface area contributed by atoms with E-state index in [9.17, 15) is 13.2 Å². The lowest BCUT2D eigenvalue weighted by atomic mass is 10.2. The second kappa shape index (κ2) is 9.43. The van der Waals surface area contributed by atoms with Crippen LogP contribution < -0.4 is 5.32 Å². The van der Waals surface area contributed by atoms with Gasteiger partial charge in [0.2, 0.25) is 15.9 Å². The number of carbonyl (C=O) groups excluding carboxylic acids is 1. The zero-order valence-corrected chi connectivity index (χ0v) is 20.8. The molecule has 1 aliphatic rings. The fourth-order valence-electron chi connectivity index (χ4n) is 4.63. The summed E-state index contributed by atoms with van der Waals surface area (Å²) in [6.45, 7) is 5.73. The number of hydrogen-bond acceptors (Lipinski definition) is 6. The Bertz CT molecular complexity index is 1500. The first-order valence-corrected chi connectivity index (χ1v) is 13.5. The average molecular weight is 496 g/mol. The van der Waals surface area contributed by atoms with Crippen LogP contribution >= 0.6 is 0 Å². The van der Waals surface area contributed by atoms with Gasteiger partial charge in [0.1, 0.15) is 11.3 Å². The van der Waals surface area contributed by atoms with Gasteiger partial charge in [-0.2, -0.15) is 4.31 Å². The Morgan fingerprint density at radius 1 is 1.09 bits per heavy atom. The van der Waals surface area contributed by atoms with Gasteiger partial charge in [-0.25, -0.2) is 18.4 Å². The highest BCUT2D eigenvalue weighted by Crippen LogP contribution is 2.26. The SMILES string of the molecule is CCCn1c(CCC(=O)Nc2ccc3oc(C)nc3c2)nc2cc(S(=O)(=O)N3CCCC3)ccc21. The van der Waals surface area contributed by atoms with Crippen LogP contribution in [0.5, 0.6) is 0 Å². The van der Waals surface area contributed by atoms with E-state index in [0.717, 1.165) is 37.1 Å². The minimum absolute atomic E-state index is 0.128. The number of nitrogens with one attached hydrogen (secondary N) is 1. The molecule has 3 heterocycles. The molecule has 1 fully saturated rings. The molecule has 2 aromatic heterocycles. The summed E-state index contributed by atoms with van der Waals surface area (Å²) >= 11 is 0. The number of imidazole rings is 1. The quantitative estimate of drug-likeness (QED) is 0.391. The van der Waals surface area contributed by atoms with Gasteiger partial charge >= 0.3 is 0 Å². The number of anilines is 1. The van der Waals surface area contributed by atoms with Crippen LogP contribution in [0.1, 0.15) is 44.3 Å². The van der Waals surface area contributed by atoms with Crippen LogP contribution in [0.3, 0.4) is 0 Å². The first-order chi connectivity index (χ1) is 16.8. The summed E-state index contributed by atoms with van der Waals surface area (Å²) in [5.41, 5.74) is 3.56. The van der Waals surface area contributed by atoms with E-state index in [4.69, 9.17) is 9.40 Å². The largest absolute Gasteiger partial charge is 0.441 e. The molecular weight excluding hydrogens is 466 g/mol. The van der Waals surface area contributed by atoms with Gasteiger partial charge in [0, 0.05) is 45.1 Å². The molecule has 0 radical (unpaired) electrons. The van der Waals surface area contributed by atoms with E-state index in [1.807, 2.05) is 6.07 Å². The molecule has 9 nitrogen and oxygen atoms in total. The highest BCUT2D eigenvalue weighted by atomic mass is 32.2. The number of carbonyl (C=O) groups is 1. The molecule has 4 aromatic rings. The summed E-state index contributed by atoms with van der Waals surface area (Å²) in [4.78, 5) is 22.0. The zero-order valence-electron chi connectivity index (χ0n) is 20.0. The number of rotatable bonds is 8. The van der Waals surface area contributed by atoms with Crippen molar-refractivity contribution in [3.63, 3.8) is 0 Å². The molecule has 0 spiro atoms. The minimum Gasteiger partial charge on any atom is -0.441 e. The molecule has 1 amide bonds. The first-order valence-electron chi connectivity index (χ1n) is 12.0. The second-order valence-electron chi connectivity index (χ2n) is 8.90. The monoisotopic (exact) mass is 495 g/mol. The number of oxazole rings is 1. The highest BCUT2D eigenvalue weighted by Gasteiger charge is 2.28. The van der Waals surface area contributed by atoms with Gasteiger partial charge in [0.25, 0.3) is 0 Å². The molecule has 2 aromatic carbocycles. The lowest BCUT2D eigenvalue weighted by molar-refractivity contribution is -0.116. The van der Waals surface area contributed by atoms with Gasteiger partial charge in [-0.15, -0.1) is 0 Å². The first kappa shape index (κ1) is 23.5. The Morgan fingerprint density at radius 3 is 2.66 bits per heavy atom. The summed E-state index contributed by atoms with van der Waals surface area (Å²) in [5, 5.41) is 2.92. The van der Waals surface area contributed by atoms with Crippen molar-refractivity contribution in [1.29, 1.82) is 0 Å². The third-order valence-electron chi connectivity index (χ3n) is 6.30. The van der Waals surface area contributed by atoms with Gasteiger partial charge in [0.15, 0.2) is 11.5 Å². The third kappa shape index (κ3) is 4.68. The second-order valence-corrected chi connectivity index (χ2v) is 10.8. The van der Waals surface area contributed by atoms with E-state index in [0.29, 0.717) is 47.7 Å². The van der Waals surface area contributed by atoms with E-state index >= 15 is 0 Å². The fourth-order valence-corrected chi connectivity index (χ4v) is 6.17. The van der Waals surface area contributed by atoms with Crippen LogP contribution in [-0.2, 0) is 27.8 Å². The third-order valence-corrected chi connectivity index (χ3v) is 8.20. The van der Waals surface area contributed by atoms with Crippen molar-refractivity contribution in [1.82, 2.24) is 18.8 Å². The Labute approximate surface area is 204 Å². The van der Waals surface area contributed by atoms with Crippen LogP contribution in [0, 0.1) is 6.92 Å². The minimum atomic E-state index is -3.51. The Hall–Kier alpha value is -3.24. The molecule has 10 heteroatoms. The molecule has 0 saturated carbocycles. The van der Waals surface area contributed by atoms with Crippen molar-refractivity contribution in [3.05, 3.63) is 48.1 Å². The van der Waals surface area contributed by atoms with E-state index < -0.39 is 10.0 Å². The van der Waals surface area contributed by atoms with Crippen molar-refractivity contribution in [2.75, 3.05) is 18.4 Å². The lowest BCUT2D eigenvalue weighted by Crippen LogP contribution is -2.27. The predicted octanol–water partition coefficient (Wildman–Crippen LogP) is 4.25. The number of hydrogen-bond donors (Lipinski definition) is 1. The molecule has 5 rings (SSSR count). The summed E-state index contributed by atoms with van der Waals surface area (Å²) in [5.74, 6) is 1.22. The number of benzene rings is 2. The molecular formula is C25H29N5O4S. The maximum absolute atomic E-state index is 13.0. The Morgan fingerprint density at radius 2 is 1.89 bits per heavy atom. The molecule has 35 heavy (non-hydrogen) atoms. The molecule has 0 aliphatic carbocycles. The Balaban J connectivity index is 1.34. The van der Waals surface area contributed by atoms with E-state index in [-0.39, 0.29) is 17.2 Å². The van der Waals surface area contributed by atoms with Crippen LogP contribution in [0.2, 0.25) is 0 Å². The van der Waals surface area contributed by atoms with Crippen LogP contribution in [0.25, 0.3) is 22.1 Å². The summed E-state index contributed by atoms with van der Waals surface area (Å²) in [6.07, 6.45) is 3.38. The fraction of sp³-hybridized carbons (Fsp3) is 0.400. The standard InChI is InChI=1S/C25H29N5O4S/c1-3-12-30-22-8-7-19(35(32,33)29-13-4-5-14-29)16-20(22)28-24(30)10-11-25(31)27-18-6-9-23-21(15-18)26-17(2)34-23/h6-9,15-16H,3-5,10-14H2,1-2H3,(H,27,31). The zero-order chi connectivity index (χ0) is 24.6. The highest BCUT2D eigenvalue weighted by molar-refractivity contribution is 7.89. The van der Waals surface area contributed by atoms with E-state index in [2.05, 4.69) is 21.8 Å². The summed E-state index contributed by atoms with van der Waals surface area (Å²) in [6, 6.07) is 10.5. The molecule has 0 atom stereocenters. The predicted molar refractivity (Wildman–Crippen MR) is 134 cm³/mol. The molecule has 0 unspecified atom stereocenters. The van der Waals surface area contributed by atoms with Gasteiger partial charge in [-0.05, 0) is 55.7 Å². The van der Waals surface area contributed by atoms with Crippen molar-refractivity contribution >= 4 is 43.8 Å². The van der Waals surface area contributed by atoms with Gasteiger partial charge in [0.05, 0.1) is 15.9 Å². The normalized spacial score (nSPS) is 14.8. The van der Waals surface area contributed by atoms with Gasteiger partial charge in [-0.1, -0.05) is 6.92 Å².